The van der Waals surface area contributed by atoms with Crippen molar-refractivity contribution in [1.29, 1.82) is 0 Å². The lowest BCUT2D eigenvalue weighted by Gasteiger charge is -2.11. The minimum absolute atomic E-state index is 0.599. The lowest BCUT2D eigenvalue weighted by molar-refractivity contribution is 0.669. The summed E-state index contributed by atoms with van der Waals surface area (Å²) in [5.41, 5.74) is 16.8. The molecule has 0 atom stereocenters. The Morgan fingerprint density at radius 2 is 0.406 bits per heavy atom. The third-order valence-electron chi connectivity index (χ3n) is 26.6. The van der Waals surface area contributed by atoms with Gasteiger partial charge in [0.2, 0.25) is 0 Å². The molecule has 21 aromatic carbocycles. The molecule has 0 radical (unpaired) electrons. The Labute approximate surface area is 788 Å². The smallest absolute Gasteiger partial charge is 0.164 e. The fourth-order valence-electron chi connectivity index (χ4n) is 19.9. The highest BCUT2D eigenvalue weighted by Gasteiger charge is 2.25. The van der Waals surface area contributed by atoms with Gasteiger partial charge in [-0.3, -0.25) is 0 Å². The lowest BCUT2D eigenvalue weighted by atomic mass is 9.99. The molecule has 0 saturated carbocycles. The van der Waals surface area contributed by atoms with Crippen LogP contribution in [0.3, 0.4) is 0 Å². The Morgan fingerprint density at radius 3 is 0.775 bits per heavy atom. The van der Waals surface area contributed by atoms with E-state index in [4.69, 9.17) is 66.9 Å². The number of rotatable bonds is 9. The molecule has 0 saturated heterocycles. The summed E-state index contributed by atoms with van der Waals surface area (Å²) in [4.78, 5) is 45.7. The van der Waals surface area contributed by atoms with Gasteiger partial charge >= 0.3 is 0 Å². The molecule has 30 rings (SSSR count). The van der Waals surface area contributed by atoms with E-state index in [-0.39, 0.29) is 0 Å². The monoisotopic (exact) mass is 1780 g/mol. The second kappa shape index (κ2) is 31.6. The van der Waals surface area contributed by atoms with Crippen LogP contribution in [0.15, 0.2) is 441 Å². The number of hydrogen-bond donors (Lipinski definition) is 0. The molecule has 14 nitrogen and oxygen atoms in total. The quantitative estimate of drug-likeness (QED) is 0.133. The second-order valence-corrected chi connectivity index (χ2v) is 36.0. The van der Waals surface area contributed by atoms with E-state index in [2.05, 4.69) is 243 Å². The molecule has 138 heavy (non-hydrogen) atoms. The number of para-hydroxylation sites is 1. The van der Waals surface area contributed by atoms with E-state index in [9.17, 15) is 0 Å². The van der Waals surface area contributed by atoms with Crippen LogP contribution in [0, 0.1) is 0 Å². The summed E-state index contributed by atoms with van der Waals surface area (Å²) >= 11 is 1.84. The topological polar surface area (TPSA) is 182 Å². The Kier molecular flexibility index (Phi) is 17.9. The first-order valence-electron chi connectivity index (χ1n) is 45.8. The van der Waals surface area contributed by atoms with Crippen molar-refractivity contribution in [2.45, 2.75) is 0 Å². The van der Waals surface area contributed by atoms with E-state index in [1.165, 1.54) is 47.1 Å². The summed E-state index contributed by atoms with van der Waals surface area (Å²) in [6.45, 7) is 0. The first kappa shape index (κ1) is 78.1. The van der Waals surface area contributed by atoms with Gasteiger partial charge in [0.15, 0.2) is 52.4 Å². The van der Waals surface area contributed by atoms with Crippen molar-refractivity contribution < 1.29 is 22.1 Å². The molecule has 0 aliphatic carbocycles. The van der Waals surface area contributed by atoms with Gasteiger partial charge in [-0.1, -0.05) is 273 Å². The molecular weight excluding hydrogens is 1720 g/mol. The Morgan fingerprint density at radius 1 is 0.145 bits per heavy atom. The average molecular weight is 1790 g/mol. The maximum atomic E-state index is 6.38. The van der Waals surface area contributed by atoms with E-state index >= 15 is 0 Å². The summed E-state index contributed by atoms with van der Waals surface area (Å²) in [6.07, 6.45) is 0. The van der Waals surface area contributed by atoms with Crippen LogP contribution in [-0.2, 0) is 0 Å². The molecule has 0 aliphatic rings. The van der Waals surface area contributed by atoms with Gasteiger partial charge in [0.1, 0.15) is 55.8 Å². The molecule has 0 fully saturated rings. The van der Waals surface area contributed by atoms with E-state index < -0.39 is 0 Å². The molecule has 0 spiro atoms. The van der Waals surface area contributed by atoms with Gasteiger partial charge in [0, 0.05) is 135 Å². The molecule has 0 aliphatic heterocycles. The van der Waals surface area contributed by atoms with E-state index in [0.717, 1.165) is 197 Å². The van der Waals surface area contributed by atoms with E-state index in [1.54, 1.807) is 0 Å². The standard InChI is InChI=1S/2C41H23N3O2.C41H23N3OS/c1-2-8-24(9-3-1)39-42-40(29-14-16-35-31(20-29)33-18-25-10-4-6-12-27(25)22-37(33)45-35)44-41(43-39)30-15-17-36-32(21-30)34-19-26-11-5-7-13-28(26)23-38(34)46-36;1-2-10-24(11-3-1)39-42-40(27-18-19-36-31(21-27)32-20-25-12-4-5-13-26(25)22-37(32)45-36)44-41(43-39)34-23-33-29-15-8-9-17-35(29)46-38(33)30-16-7-6-14-28(30)34;1-2-10-24(11-3-1)39-42-40(27-18-19-35-31(21-27)32-20-25-12-4-5-13-26(25)22-36(32)45-35)44-41(43-39)34-23-33-29-15-8-9-17-37(29)46-38(33)30-16-7-6-14-28(30)34/h3*1-23H. The SMILES string of the molecule is c1ccc(-c2nc(-c3ccc4oc5cc6ccccc6cc5c4c3)nc(-c3cc4c5ccccc5oc4c4ccccc34)n2)cc1.c1ccc(-c2nc(-c3ccc4oc5cc6ccccc6cc5c4c3)nc(-c3cc4c5ccccc5sc4c4ccccc34)n2)cc1.c1ccc(-c2nc(-c3ccc4oc5cc6ccccc6cc5c4c3)nc(-c3ccc4oc5cc6ccccc6cc5c4c3)n2)cc1. The predicted octanol–water partition coefficient (Wildman–Crippen LogP) is 33.4. The van der Waals surface area contributed by atoms with Crippen molar-refractivity contribution in [2.24, 2.45) is 0 Å². The molecule has 9 heterocycles. The zero-order chi connectivity index (χ0) is 90.6. The first-order valence-corrected chi connectivity index (χ1v) is 46.6. The fraction of sp³-hybridized carbons (Fsp3) is 0. The molecule has 30 aromatic rings. The summed E-state index contributed by atoms with van der Waals surface area (Å²) in [5, 5.41) is 26.7. The van der Waals surface area contributed by atoms with Crippen molar-refractivity contribution in [1.82, 2.24) is 44.9 Å². The minimum Gasteiger partial charge on any atom is -0.456 e. The fourth-order valence-corrected chi connectivity index (χ4v) is 21.1. The van der Waals surface area contributed by atoms with Crippen LogP contribution in [0.1, 0.15) is 0 Å². The summed E-state index contributed by atoms with van der Waals surface area (Å²) in [7, 11) is 0. The van der Waals surface area contributed by atoms with Gasteiger partial charge in [-0.05, 0) is 199 Å². The van der Waals surface area contributed by atoms with Crippen LogP contribution in [0.5, 0.6) is 0 Å². The molecule has 15 heteroatoms. The number of fused-ring (bicyclic) bond motifs is 26. The van der Waals surface area contributed by atoms with Gasteiger partial charge in [-0.2, -0.15) is 0 Å². The number of thiophene rings is 1. The highest BCUT2D eigenvalue weighted by molar-refractivity contribution is 7.26. The summed E-state index contributed by atoms with van der Waals surface area (Å²) in [6, 6.07) is 144. The minimum atomic E-state index is 0.599. The van der Waals surface area contributed by atoms with Gasteiger partial charge < -0.3 is 22.1 Å². The summed E-state index contributed by atoms with van der Waals surface area (Å²) < 4.78 is 34.1. The molecule has 0 unspecified atom stereocenters. The number of nitrogens with zero attached hydrogens (tertiary/aromatic N) is 9. The lowest BCUT2D eigenvalue weighted by Crippen LogP contribution is -2.00. The van der Waals surface area contributed by atoms with Crippen LogP contribution in [0.4, 0.5) is 0 Å². The Bertz CT molecular complexity index is 9740. The Hall–Kier alpha value is -18.6. The Balaban J connectivity index is 0.000000102. The van der Waals surface area contributed by atoms with Crippen molar-refractivity contribution in [3.05, 3.63) is 419 Å². The molecular formula is C123H69N9O5S. The van der Waals surface area contributed by atoms with Crippen LogP contribution in [0.2, 0.25) is 0 Å². The molecule has 0 amide bonds. The normalized spacial score (nSPS) is 11.9. The van der Waals surface area contributed by atoms with Gasteiger partial charge in [-0.15, -0.1) is 11.3 Å². The highest BCUT2D eigenvalue weighted by Crippen LogP contribution is 2.47. The van der Waals surface area contributed by atoms with Crippen LogP contribution in [-0.4, -0.2) is 44.9 Å². The van der Waals surface area contributed by atoms with Gasteiger partial charge in [-0.25, -0.2) is 44.9 Å². The maximum absolute atomic E-state index is 6.38. The number of furan rings is 5. The van der Waals surface area contributed by atoms with Crippen molar-refractivity contribution >= 4 is 206 Å². The molecule has 9 aromatic heterocycles. The highest BCUT2D eigenvalue weighted by atomic mass is 32.1. The second-order valence-electron chi connectivity index (χ2n) is 34.9. The van der Waals surface area contributed by atoms with Crippen LogP contribution in [0.25, 0.3) is 297 Å². The van der Waals surface area contributed by atoms with Crippen molar-refractivity contribution in [2.75, 3.05) is 0 Å². The van der Waals surface area contributed by atoms with E-state index in [1.807, 2.05) is 187 Å². The third kappa shape index (κ3) is 13.3. The molecule has 0 bridgehead atoms. The van der Waals surface area contributed by atoms with Gasteiger partial charge in [0.05, 0.1) is 0 Å². The predicted molar refractivity (Wildman–Crippen MR) is 563 cm³/mol. The maximum Gasteiger partial charge on any atom is 0.164 e. The zero-order valence-electron chi connectivity index (χ0n) is 73.3. The number of aromatic nitrogens is 9. The third-order valence-corrected chi connectivity index (χ3v) is 27.9. The molecule has 642 valence electrons. The van der Waals surface area contributed by atoms with Crippen molar-refractivity contribution in [3.8, 4) is 102 Å². The van der Waals surface area contributed by atoms with Crippen LogP contribution < -0.4 is 0 Å². The average Bonchev–Trinajstić information content (AvgIpc) is 1.54. The molecule has 0 N–H and O–H groups in total. The van der Waals surface area contributed by atoms with E-state index in [0.29, 0.717) is 52.4 Å². The zero-order valence-corrected chi connectivity index (χ0v) is 74.1. The number of hydrogen-bond acceptors (Lipinski definition) is 15. The van der Waals surface area contributed by atoms with Gasteiger partial charge in [0.25, 0.3) is 0 Å². The van der Waals surface area contributed by atoms with Crippen LogP contribution >= 0.6 is 11.3 Å². The number of benzene rings is 21. The largest absolute Gasteiger partial charge is 0.456 e. The first-order chi connectivity index (χ1) is 68.3. The van der Waals surface area contributed by atoms with Crippen molar-refractivity contribution in [3.63, 3.8) is 0 Å². The summed E-state index contributed by atoms with van der Waals surface area (Å²) in [5.74, 6) is 5.56.